The lowest BCUT2D eigenvalue weighted by Crippen LogP contribution is -2.40. The molecule has 0 aromatic heterocycles. The van der Waals surface area contributed by atoms with Gasteiger partial charge in [0.05, 0.1) is 6.54 Å². The van der Waals surface area contributed by atoms with Crippen LogP contribution in [0.25, 0.3) is 0 Å². The standard InChI is InChI=1S/C17H25NO/c1-3-18(16-10-5-4-6-11-16)13-17(19)15-9-7-8-14(2)12-15/h7-9,12,16H,3-6,10-11,13H2,1-2H3. The second-order valence-electron chi connectivity index (χ2n) is 5.65. The molecule has 2 nitrogen and oxygen atoms in total. The van der Waals surface area contributed by atoms with Crippen LogP contribution in [0.5, 0.6) is 0 Å². The van der Waals surface area contributed by atoms with Crippen molar-refractivity contribution in [3.8, 4) is 0 Å². The maximum absolute atomic E-state index is 12.4. The van der Waals surface area contributed by atoms with Crippen molar-refractivity contribution in [3.63, 3.8) is 0 Å². The summed E-state index contributed by atoms with van der Waals surface area (Å²) in [7, 11) is 0. The Labute approximate surface area is 116 Å². The van der Waals surface area contributed by atoms with Gasteiger partial charge in [-0.2, -0.15) is 0 Å². The largest absolute Gasteiger partial charge is 0.293 e. The first-order valence-corrected chi connectivity index (χ1v) is 7.54. The lowest BCUT2D eigenvalue weighted by Gasteiger charge is -2.33. The molecule has 19 heavy (non-hydrogen) atoms. The Morgan fingerprint density at radius 1 is 1.26 bits per heavy atom. The Morgan fingerprint density at radius 3 is 2.63 bits per heavy atom. The Morgan fingerprint density at radius 2 is 2.00 bits per heavy atom. The molecule has 0 amide bonds. The molecule has 104 valence electrons. The monoisotopic (exact) mass is 259 g/mol. The van der Waals surface area contributed by atoms with Crippen molar-refractivity contribution in [3.05, 3.63) is 35.4 Å². The molecule has 0 bridgehead atoms. The number of nitrogens with zero attached hydrogens (tertiary/aromatic N) is 1. The maximum atomic E-state index is 12.4. The molecular formula is C17H25NO. The molecule has 2 rings (SSSR count). The molecule has 0 heterocycles. The molecule has 0 aliphatic heterocycles. The van der Waals surface area contributed by atoms with Gasteiger partial charge in [-0.05, 0) is 32.4 Å². The fourth-order valence-electron chi connectivity index (χ4n) is 3.04. The van der Waals surface area contributed by atoms with E-state index in [0.717, 1.165) is 17.7 Å². The number of benzene rings is 1. The normalized spacial score (nSPS) is 16.8. The van der Waals surface area contributed by atoms with E-state index in [-0.39, 0.29) is 5.78 Å². The van der Waals surface area contributed by atoms with Crippen LogP contribution < -0.4 is 0 Å². The van der Waals surface area contributed by atoms with E-state index < -0.39 is 0 Å². The highest BCUT2D eigenvalue weighted by Gasteiger charge is 2.22. The number of rotatable bonds is 5. The smallest absolute Gasteiger partial charge is 0.176 e. The Balaban J connectivity index is 1.99. The van der Waals surface area contributed by atoms with Crippen LogP contribution in [0.3, 0.4) is 0 Å². The average molecular weight is 259 g/mol. The zero-order valence-corrected chi connectivity index (χ0v) is 12.2. The molecule has 1 fully saturated rings. The van der Waals surface area contributed by atoms with E-state index in [1.807, 2.05) is 31.2 Å². The van der Waals surface area contributed by atoms with E-state index in [1.54, 1.807) is 0 Å². The molecule has 0 atom stereocenters. The number of hydrogen-bond donors (Lipinski definition) is 0. The van der Waals surface area contributed by atoms with Crippen LogP contribution >= 0.6 is 0 Å². The minimum atomic E-state index is 0.260. The van der Waals surface area contributed by atoms with E-state index in [4.69, 9.17) is 0 Å². The predicted octanol–water partition coefficient (Wildman–Crippen LogP) is 3.83. The molecule has 0 N–H and O–H groups in total. The molecule has 1 aliphatic rings. The van der Waals surface area contributed by atoms with E-state index in [2.05, 4.69) is 11.8 Å². The molecular weight excluding hydrogens is 234 g/mol. The summed E-state index contributed by atoms with van der Waals surface area (Å²) in [5.41, 5.74) is 2.01. The minimum Gasteiger partial charge on any atom is -0.293 e. The summed E-state index contributed by atoms with van der Waals surface area (Å²) >= 11 is 0. The second-order valence-corrected chi connectivity index (χ2v) is 5.65. The van der Waals surface area contributed by atoms with Crippen LogP contribution in [0.4, 0.5) is 0 Å². The van der Waals surface area contributed by atoms with Crippen LogP contribution in [0, 0.1) is 6.92 Å². The quantitative estimate of drug-likeness (QED) is 0.749. The Bertz CT molecular complexity index is 421. The Hall–Kier alpha value is -1.15. The molecule has 1 aromatic carbocycles. The number of carbonyl (C=O) groups excluding carboxylic acids is 1. The molecule has 0 spiro atoms. The number of carbonyl (C=O) groups is 1. The third-order valence-electron chi connectivity index (χ3n) is 4.18. The van der Waals surface area contributed by atoms with Crippen LogP contribution in [-0.4, -0.2) is 29.8 Å². The molecule has 0 radical (unpaired) electrons. The first-order valence-electron chi connectivity index (χ1n) is 7.54. The zero-order valence-electron chi connectivity index (χ0n) is 12.2. The number of likely N-dealkylation sites (N-methyl/N-ethyl adjacent to an activating group) is 1. The van der Waals surface area contributed by atoms with Crippen LogP contribution in [0.2, 0.25) is 0 Å². The maximum Gasteiger partial charge on any atom is 0.176 e. The summed E-state index contributed by atoms with van der Waals surface area (Å²) in [5.74, 6) is 0.260. The van der Waals surface area contributed by atoms with E-state index in [9.17, 15) is 4.79 Å². The van der Waals surface area contributed by atoms with E-state index in [1.165, 1.54) is 32.1 Å². The van der Waals surface area contributed by atoms with E-state index >= 15 is 0 Å². The molecule has 2 heteroatoms. The summed E-state index contributed by atoms with van der Waals surface area (Å²) in [6, 6.07) is 8.56. The summed E-state index contributed by atoms with van der Waals surface area (Å²) in [6.07, 6.45) is 6.52. The van der Waals surface area contributed by atoms with Gasteiger partial charge in [0.15, 0.2) is 5.78 Å². The highest BCUT2D eigenvalue weighted by Crippen LogP contribution is 2.22. The first-order chi connectivity index (χ1) is 9.20. The summed E-state index contributed by atoms with van der Waals surface area (Å²) < 4.78 is 0. The summed E-state index contributed by atoms with van der Waals surface area (Å²) in [5, 5.41) is 0. The van der Waals surface area contributed by atoms with Crippen molar-refractivity contribution in [2.24, 2.45) is 0 Å². The van der Waals surface area contributed by atoms with Gasteiger partial charge in [-0.3, -0.25) is 9.69 Å². The molecule has 1 aliphatic carbocycles. The van der Waals surface area contributed by atoms with Crippen LogP contribution in [0.1, 0.15) is 54.9 Å². The van der Waals surface area contributed by atoms with Gasteiger partial charge < -0.3 is 0 Å². The first kappa shape index (κ1) is 14.3. The zero-order chi connectivity index (χ0) is 13.7. The lowest BCUT2D eigenvalue weighted by atomic mass is 9.94. The number of hydrogen-bond acceptors (Lipinski definition) is 2. The molecule has 1 saturated carbocycles. The van der Waals surface area contributed by atoms with Crippen molar-refractivity contribution in [1.82, 2.24) is 4.90 Å². The van der Waals surface area contributed by atoms with Gasteiger partial charge in [0.2, 0.25) is 0 Å². The van der Waals surface area contributed by atoms with Gasteiger partial charge in [0.25, 0.3) is 0 Å². The third-order valence-corrected chi connectivity index (χ3v) is 4.18. The fraction of sp³-hybridized carbons (Fsp3) is 0.588. The van der Waals surface area contributed by atoms with Crippen molar-refractivity contribution in [1.29, 1.82) is 0 Å². The topological polar surface area (TPSA) is 20.3 Å². The summed E-state index contributed by atoms with van der Waals surface area (Å²) in [4.78, 5) is 14.7. The van der Waals surface area contributed by atoms with Gasteiger partial charge in [0.1, 0.15) is 0 Å². The van der Waals surface area contributed by atoms with Gasteiger partial charge in [0, 0.05) is 11.6 Å². The number of aryl methyl sites for hydroxylation is 1. The fourth-order valence-corrected chi connectivity index (χ4v) is 3.04. The minimum absolute atomic E-state index is 0.260. The highest BCUT2D eigenvalue weighted by molar-refractivity contribution is 5.97. The van der Waals surface area contributed by atoms with Crippen molar-refractivity contribution in [2.75, 3.05) is 13.1 Å². The second kappa shape index (κ2) is 6.85. The van der Waals surface area contributed by atoms with Gasteiger partial charge in [-0.1, -0.05) is 49.9 Å². The van der Waals surface area contributed by atoms with Crippen molar-refractivity contribution >= 4 is 5.78 Å². The number of ketones is 1. The van der Waals surface area contributed by atoms with Crippen LogP contribution in [-0.2, 0) is 0 Å². The molecule has 0 saturated heterocycles. The Kier molecular flexibility index (Phi) is 5.15. The van der Waals surface area contributed by atoms with E-state index in [0.29, 0.717) is 12.6 Å². The predicted molar refractivity (Wildman–Crippen MR) is 79.6 cm³/mol. The van der Waals surface area contributed by atoms with Gasteiger partial charge >= 0.3 is 0 Å². The third kappa shape index (κ3) is 3.90. The van der Waals surface area contributed by atoms with Crippen molar-refractivity contribution in [2.45, 2.75) is 52.0 Å². The molecule has 1 aromatic rings. The lowest BCUT2D eigenvalue weighted by molar-refractivity contribution is 0.0868. The highest BCUT2D eigenvalue weighted by atomic mass is 16.1. The van der Waals surface area contributed by atoms with Gasteiger partial charge in [-0.15, -0.1) is 0 Å². The van der Waals surface area contributed by atoms with Crippen LogP contribution in [0.15, 0.2) is 24.3 Å². The molecule has 0 unspecified atom stereocenters. The summed E-state index contributed by atoms with van der Waals surface area (Å²) in [6.45, 7) is 5.75. The SMILES string of the molecule is CCN(CC(=O)c1cccc(C)c1)C1CCCCC1. The number of Topliss-reactive ketones (excluding diaryl/α,β-unsaturated/α-hetero) is 1. The average Bonchev–Trinajstić information content (AvgIpc) is 2.45. The van der Waals surface area contributed by atoms with Crippen molar-refractivity contribution < 1.29 is 4.79 Å². The van der Waals surface area contributed by atoms with Gasteiger partial charge in [-0.25, -0.2) is 0 Å².